The SMILES string of the molecule is CNC(CC1CCOCC1)C1CSC(C)C(C)S1. The minimum atomic E-state index is 0.681. The van der Waals surface area contributed by atoms with Gasteiger partial charge in [0.15, 0.2) is 0 Å². The summed E-state index contributed by atoms with van der Waals surface area (Å²) < 4.78 is 5.46. The predicted octanol–water partition coefficient (Wildman–Crippen LogP) is 3.02. The molecule has 0 spiro atoms. The van der Waals surface area contributed by atoms with Gasteiger partial charge in [-0.1, -0.05) is 13.8 Å². The third-order valence-electron chi connectivity index (χ3n) is 4.32. The maximum absolute atomic E-state index is 5.46. The average molecular weight is 290 g/mol. The minimum Gasteiger partial charge on any atom is -0.381 e. The number of nitrogens with one attached hydrogen (secondary N) is 1. The third kappa shape index (κ3) is 4.06. The van der Waals surface area contributed by atoms with E-state index in [1.165, 1.54) is 25.0 Å². The summed E-state index contributed by atoms with van der Waals surface area (Å²) in [6.45, 7) is 6.70. The first-order valence-electron chi connectivity index (χ1n) is 7.22. The maximum Gasteiger partial charge on any atom is 0.0468 e. The van der Waals surface area contributed by atoms with Crippen LogP contribution in [0.3, 0.4) is 0 Å². The van der Waals surface area contributed by atoms with Crippen LogP contribution >= 0.6 is 23.5 Å². The summed E-state index contributed by atoms with van der Waals surface area (Å²) in [7, 11) is 2.14. The van der Waals surface area contributed by atoms with Gasteiger partial charge < -0.3 is 10.1 Å². The lowest BCUT2D eigenvalue weighted by molar-refractivity contribution is 0.0609. The molecular weight excluding hydrogens is 262 g/mol. The van der Waals surface area contributed by atoms with Gasteiger partial charge in [-0.05, 0) is 32.2 Å². The fourth-order valence-corrected chi connectivity index (χ4v) is 6.00. The zero-order valence-electron chi connectivity index (χ0n) is 11.9. The summed E-state index contributed by atoms with van der Waals surface area (Å²) in [5, 5.41) is 5.97. The Morgan fingerprint density at radius 3 is 2.56 bits per heavy atom. The second kappa shape index (κ2) is 7.41. The van der Waals surface area contributed by atoms with Gasteiger partial charge >= 0.3 is 0 Å². The molecule has 0 saturated carbocycles. The van der Waals surface area contributed by atoms with Gasteiger partial charge in [-0.2, -0.15) is 23.5 Å². The Morgan fingerprint density at radius 1 is 1.22 bits per heavy atom. The number of hydrogen-bond acceptors (Lipinski definition) is 4. The van der Waals surface area contributed by atoms with Crippen LogP contribution in [0.2, 0.25) is 0 Å². The highest BCUT2D eigenvalue weighted by Crippen LogP contribution is 2.38. The monoisotopic (exact) mass is 289 g/mol. The van der Waals surface area contributed by atoms with Crippen LogP contribution in [0, 0.1) is 5.92 Å². The van der Waals surface area contributed by atoms with Crippen molar-refractivity contribution in [3.8, 4) is 0 Å². The van der Waals surface area contributed by atoms with Crippen molar-refractivity contribution in [1.82, 2.24) is 5.32 Å². The van der Waals surface area contributed by atoms with Gasteiger partial charge in [0.25, 0.3) is 0 Å². The molecule has 2 nitrogen and oxygen atoms in total. The molecule has 2 aliphatic heterocycles. The van der Waals surface area contributed by atoms with Crippen molar-refractivity contribution in [3.05, 3.63) is 0 Å². The highest BCUT2D eigenvalue weighted by Gasteiger charge is 2.32. The molecule has 4 atom stereocenters. The lowest BCUT2D eigenvalue weighted by atomic mass is 9.91. The Labute approximate surface area is 120 Å². The molecule has 18 heavy (non-hydrogen) atoms. The molecule has 0 aromatic heterocycles. The first-order valence-corrected chi connectivity index (χ1v) is 9.22. The van der Waals surface area contributed by atoms with Crippen molar-refractivity contribution in [2.24, 2.45) is 5.92 Å². The minimum absolute atomic E-state index is 0.681. The van der Waals surface area contributed by atoms with Crippen molar-refractivity contribution in [3.63, 3.8) is 0 Å². The van der Waals surface area contributed by atoms with E-state index in [2.05, 4.69) is 49.7 Å². The average Bonchev–Trinajstić information content (AvgIpc) is 2.40. The summed E-state index contributed by atoms with van der Waals surface area (Å²) in [5.74, 6) is 2.18. The van der Waals surface area contributed by atoms with E-state index in [0.717, 1.165) is 34.9 Å². The van der Waals surface area contributed by atoms with Gasteiger partial charge in [0.2, 0.25) is 0 Å². The molecule has 0 aromatic carbocycles. The quantitative estimate of drug-likeness (QED) is 0.858. The lowest BCUT2D eigenvalue weighted by Crippen LogP contribution is -2.43. The zero-order chi connectivity index (χ0) is 13.0. The summed E-state index contributed by atoms with van der Waals surface area (Å²) >= 11 is 4.36. The molecule has 0 amide bonds. The second-order valence-electron chi connectivity index (χ2n) is 5.60. The normalized spacial score (nSPS) is 36.5. The van der Waals surface area contributed by atoms with Crippen LogP contribution in [0.5, 0.6) is 0 Å². The van der Waals surface area contributed by atoms with Crippen LogP contribution in [0.15, 0.2) is 0 Å². The number of hydrogen-bond donors (Lipinski definition) is 1. The van der Waals surface area contributed by atoms with E-state index in [-0.39, 0.29) is 0 Å². The summed E-state index contributed by atoms with van der Waals surface area (Å²) in [6, 6.07) is 0.681. The van der Waals surface area contributed by atoms with Crippen LogP contribution < -0.4 is 5.32 Å². The van der Waals surface area contributed by atoms with E-state index >= 15 is 0 Å². The lowest BCUT2D eigenvalue weighted by Gasteiger charge is -2.37. The Hall–Kier alpha value is 0.620. The summed E-state index contributed by atoms with van der Waals surface area (Å²) in [5.41, 5.74) is 0. The maximum atomic E-state index is 5.46. The standard InChI is InChI=1S/C14H27NOS2/c1-10-11(2)18-14(9-17-10)13(15-3)8-12-4-6-16-7-5-12/h10-15H,4-9H2,1-3H3. The molecule has 4 unspecified atom stereocenters. The van der Waals surface area contributed by atoms with Crippen molar-refractivity contribution >= 4 is 23.5 Å². The van der Waals surface area contributed by atoms with Crippen LogP contribution in [0.1, 0.15) is 33.1 Å². The van der Waals surface area contributed by atoms with Crippen molar-refractivity contribution < 1.29 is 4.74 Å². The number of rotatable bonds is 4. The molecule has 2 rings (SSSR count). The fraction of sp³-hybridized carbons (Fsp3) is 1.00. The Bertz CT molecular complexity index is 246. The van der Waals surface area contributed by atoms with E-state index in [1.54, 1.807) is 0 Å². The number of ether oxygens (including phenoxy) is 1. The van der Waals surface area contributed by atoms with Gasteiger partial charge in [-0.15, -0.1) is 0 Å². The second-order valence-corrected chi connectivity index (χ2v) is 8.64. The summed E-state index contributed by atoms with van der Waals surface area (Å²) in [6.07, 6.45) is 3.85. The molecule has 4 heteroatoms. The van der Waals surface area contributed by atoms with Gasteiger partial charge in [0.1, 0.15) is 0 Å². The number of thioether (sulfide) groups is 2. The zero-order valence-corrected chi connectivity index (χ0v) is 13.5. The largest absolute Gasteiger partial charge is 0.381 e. The molecular formula is C14H27NOS2. The van der Waals surface area contributed by atoms with Gasteiger partial charge in [-0.3, -0.25) is 0 Å². The fourth-order valence-electron chi connectivity index (χ4n) is 2.82. The molecule has 0 aromatic rings. The molecule has 106 valence electrons. The molecule has 2 fully saturated rings. The van der Waals surface area contributed by atoms with Crippen molar-refractivity contribution in [2.75, 3.05) is 26.0 Å². The van der Waals surface area contributed by atoms with E-state index < -0.39 is 0 Å². The van der Waals surface area contributed by atoms with E-state index in [4.69, 9.17) is 4.74 Å². The Kier molecular flexibility index (Phi) is 6.19. The molecule has 0 bridgehead atoms. The Balaban J connectivity index is 1.83. The van der Waals surface area contributed by atoms with Gasteiger partial charge in [-0.25, -0.2) is 0 Å². The molecule has 0 radical (unpaired) electrons. The van der Waals surface area contributed by atoms with Gasteiger partial charge in [0.05, 0.1) is 0 Å². The van der Waals surface area contributed by atoms with Crippen LogP contribution in [0.4, 0.5) is 0 Å². The highest BCUT2D eigenvalue weighted by atomic mass is 32.2. The van der Waals surface area contributed by atoms with Crippen LogP contribution in [0.25, 0.3) is 0 Å². The molecule has 2 heterocycles. The highest BCUT2D eigenvalue weighted by molar-refractivity contribution is 8.07. The van der Waals surface area contributed by atoms with Crippen molar-refractivity contribution in [2.45, 2.75) is 54.9 Å². The first-order chi connectivity index (χ1) is 8.70. The Morgan fingerprint density at radius 2 is 1.94 bits per heavy atom. The van der Waals surface area contributed by atoms with E-state index in [0.29, 0.717) is 6.04 Å². The molecule has 2 saturated heterocycles. The van der Waals surface area contributed by atoms with Crippen LogP contribution in [-0.2, 0) is 4.74 Å². The smallest absolute Gasteiger partial charge is 0.0468 e. The molecule has 2 aliphatic rings. The van der Waals surface area contributed by atoms with E-state index in [9.17, 15) is 0 Å². The predicted molar refractivity (Wildman–Crippen MR) is 83.8 cm³/mol. The third-order valence-corrected chi connectivity index (χ3v) is 7.87. The first kappa shape index (κ1) is 15.0. The molecule has 0 aliphatic carbocycles. The van der Waals surface area contributed by atoms with Gasteiger partial charge in [0, 0.05) is 40.8 Å². The van der Waals surface area contributed by atoms with E-state index in [1.807, 2.05) is 0 Å². The van der Waals surface area contributed by atoms with Crippen LogP contribution in [-0.4, -0.2) is 47.8 Å². The molecule has 1 N–H and O–H groups in total. The topological polar surface area (TPSA) is 21.3 Å². The summed E-state index contributed by atoms with van der Waals surface area (Å²) in [4.78, 5) is 0. The van der Waals surface area contributed by atoms with Crippen molar-refractivity contribution in [1.29, 1.82) is 0 Å².